The van der Waals surface area contributed by atoms with E-state index < -0.39 is 10.0 Å². The largest absolute Gasteiger partial charge is 0.339 e. The normalized spacial score (nSPS) is 15.8. The van der Waals surface area contributed by atoms with Crippen LogP contribution in [0, 0.1) is 0 Å². The minimum Gasteiger partial charge on any atom is -0.339 e. The van der Waals surface area contributed by atoms with E-state index in [1.165, 1.54) is 6.07 Å². The Hall–Kier alpha value is -1.71. The van der Waals surface area contributed by atoms with E-state index in [2.05, 4.69) is 6.07 Å². The fraction of sp³-hybridized carbons (Fsp3) is 0.263. The minimum atomic E-state index is -4.06. The number of piperidine rings is 1. The van der Waals surface area contributed by atoms with Crippen molar-refractivity contribution in [3.8, 4) is 0 Å². The summed E-state index contributed by atoms with van der Waals surface area (Å²) in [7, 11) is -4.06. The summed E-state index contributed by atoms with van der Waals surface area (Å²) in [4.78, 5) is 19.0. The molecule has 1 aromatic heterocycles. The summed E-state index contributed by atoms with van der Waals surface area (Å²) in [5.74, 6) is -0.0450. The van der Waals surface area contributed by atoms with Crippen molar-refractivity contribution in [1.29, 1.82) is 0 Å². The van der Waals surface area contributed by atoms with Gasteiger partial charge in [0.15, 0.2) is 0 Å². The third kappa shape index (κ3) is 4.13. The van der Waals surface area contributed by atoms with Crippen molar-refractivity contribution in [2.24, 2.45) is 5.14 Å². The van der Waals surface area contributed by atoms with E-state index in [4.69, 9.17) is 33.3 Å². The number of carbonyl (C=O) groups excluding carboxylic acids is 1. The van der Waals surface area contributed by atoms with E-state index in [9.17, 15) is 13.2 Å². The van der Waals surface area contributed by atoms with Gasteiger partial charge in [-0.3, -0.25) is 4.79 Å². The van der Waals surface area contributed by atoms with Crippen LogP contribution in [0.25, 0.3) is 10.2 Å². The zero-order valence-electron chi connectivity index (χ0n) is 15.1. The number of benzene rings is 2. The van der Waals surface area contributed by atoms with Crippen molar-refractivity contribution in [2.75, 3.05) is 13.1 Å². The number of sulfonamides is 1. The lowest BCUT2D eigenvalue weighted by Crippen LogP contribution is -2.38. The van der Waals surface area contributed by atoms with Crippen LogP contribution in [0.3, 0.4) is 0 Å². The Morgan fingerprint density at radius 3 is 2.48 bits per heavy atom. The average Bonchev–Trinajstić information content (AvgIpc) is 3.11. The van der Waals surface area contributed by atoms with Crippen LogP contribution in [-0.2, 0) is 10.0 Å². The van der Waals surface area contributed by atoms with E-state index in [1.54, 1.807) is 16.2 Å². The SMILES string of the molecule is NS(=O)(=O)c1cc(C(=O)N2CCC(c3nc4ccccc4s3)CC2)c(Cl)cc1Cl. The summed E-state index contributed by atoms with van der Waals surface area (Å²) in [5.41, 5.74) is 1.08. The molecular weight excluding hydrogens is 453 g/mol. The van der Waals surface area contributed by atoms with Crippen molar-refractivity contribution < 1.29 is 13.2 Å². The molecule has 0 spiro atoms. The minimum absolute atomic E-state index is 0.0820. The highest BCUT2D eigenvalue weighted by Gasteiger charge is 2.28. The zero-order chi connectivity index (χ0) is 20.8. The number of rotatable bonds is 3. The van der Waals surface area contributed by atoms with Crippen LogP contribution in [-0.4, -0.2) is 37.3 Å². The van der Waals surface area contributed by atoms with Gasteiger partial charge < -0.3 is 4.90 Å². The van der Waals surface area contributed by atoms with E-state index in [1.807, 2.05) is 18.2 Å². The molecule has 10 heteroatoms. The number of carbonyl (C=O) groups is 1. The van der Waals surface area contributed by atoms with Gasteiger partial charge in [0, 0.05) is 19.0 Å². The lowest BCUT2D eigenvalue weighted by Gasteiger charge is -2.31. The third-order valence-corrected chi connectivity index (χ3v) is 7.89. The summed E-state index contributed by atoms with van der Waals surface area (Å²) in [6.07, 6.45) is 1.55. The number of para-hydroxylation sites is 1. The first-order valence-electron chi connectivity index (χ1n) is 8.90. The van der Waals surface area contributed by atoms with E-state index in [0.717, 1.165) is 34.1 Å². The summed E-state index contributed by atoms with van der Waals surface area (Å²) >= 11 is 13.8. The van der Waals surface area contributed by atoms with Gasteiger partial charge in [-0.1, -0.05) is 35.3 Å². The fourth-order valence-corrected chi connectivity index (χ4v) is 6.01. The Balaban J connectivity index is 1.52. The Bertz CT molecular complexity index is 1170. The Kier molecular flexibility index (Phi) is 5.56. The average molecular weight is 470 g/mol. The smallest absolute Gasteiger partial charge is 0.255 e. The maximum Gasteiger partial charge on any atom is 0.255 e. The monoisotopic (exact) mass is 469 g/mol. The summed E-state index contributed by atoms with van der Waals surface area (Å²) in [5, 5.41) is 6.26. The summed E-state index contributed by atoms with van der Waals surface area (Å²) < 4.78 is 24.6. The highest BCUT2D eigenvalue weighted by molar-refractivity contribution is 7.89. The maximum absolute atomic E-state index is 12.9. The molecule has 6 nitrogen and oxygen atoms in total. The standard InChI is InChI=1S/C19H17Cl2N3O3S2/c20-13-10-14(21)17(29(22,26)27)9-12(13)19(25)24-7-5-11(6-8-24)18-23-15-3-1-2-4-16(15)28-18/h1-4,9-11H,5-8H2,(H2,22,26,27). The molecule has 2 N–H and O–H groups in total. The molecule has 2 aromatic carbocycles. The fourth-order valence-electron chi connectivity index (χ4n) is 3.48. The second-order valence-electron chi connectivity index (χ2n) is 6.89. The topological polar surface area (TPSA) is 93.4 Å². The van der Waals surface area contributed by atoms with Gasteiger partial charge in [-0.2, -0.15) is 0 Å². The van der Waals surface area contributed by atoms with Crippen LogP contribution < -0.4 is 5.14 Å². The second-order valence-corrected chi connectivity index (χ2v) is 10.3. The number of nitrogens with zero attached hydrogens (tertiary/aromatic N) is 2. The second kappa shape index (κ2) is 7.85. The Labute approximate surface area is 182 Å². The van der Waals surface area contributed by atoms with Crippen LogP contribution in [0.4, 0.5) is 0 Å². The molecule has 1 aliphatic rings. The molecular formula is C19H17Cl2N3O3S2. The predicted molar refractivity (Wildman–Crippen MR) is 115 cm³/mol. The van der Waals surface area contributed by atoms with Gasteiger partial charge in [0.1, 0.15) is 4.90 Å². The lowest BCUT2D eigenvalue weighted by molar-refractivity contribution is 0.0713. The molecule has 0 unspecified atom stereocenters. The molecule has 0 radical (unpaired) electrons. The van der Waals surface area contributed by atoms with E-state index in [-0.39, 0.29) is 32.3 Å². The number of fused-ring (bicyclic) bond motifs is 1. The van der Waals surface area contributed by atoms with Crippen LogP contribution in [0.1, 0.15) is 34.1 Å². The molecule has 1 aliphatic heterocycles. The Morgan fingerprint density at radius 2 is 1.83 bits per heavy atom. The molecule has 0 atom stereocenters. The molecule has 4 rings (SSSR count). The molecule has 0 aliphatic carbocycles. The predicted octanol–water partition coefficient (Wildman–Crippen LogP) is 4.27. The van der Waals surface area contributed by atoms with Crippen LogP contribution in [0.15, 0.2) is 41.3 Å². The van der Waals surface area contributed by atoms with Crippen LogP contribution >= 0.6 is 34.5 Å². The number of primary sulfonamides is 1. The quantitative estimate of drug-likeness (QED) is 0.619. The van der Waals surface area contributed by atoms with Crippen molar-refractivity contribution >= 4 is 60.7 Å². The van der Waals surface area contributed by atoms with Crippen LogP contribution in [0.5, 0.6) is 0 Å². The molecule has 1 saturated heterocycles. The van der Waals surface area contributed by atoms with Crippen molar-refractivity contribution in [2.45, 2.75) is 23.7 Å². The number of amides is 1. The van der Waals surface area contributed by atoms with Gasteiger partial charge >= 0.3 is 0 Å². The summed E-state index contributed by atoms with van der Waals surface area (Å²) in [6, 6.07) is 10.4. The highest BCUT2D eigenvalue weighted by Crippen LogP contribution is 2.35. The molecule has 29 heavy (non-hydrogen) atoms. The van der Waals surface area contributed by atoms with Gasteiger partial charge in [-0.05, 0) is 37.1 Å². The number of nitrogens with two attached hydrogens (primary N) is 1. The van der Waals surface area contributed by atoms with Crippen molar-refractivity contribution in [3.05, 3.63) is 57.0 Å². The van der Waals surface area contributed by atoms with E-state index in [0.29, 0.717) is 13.1 Å². The number of hydrogen-bond donors (Lipinski definition) is 1. The molecule has 152 valence electrons. The molecule has 1 amide bonds. The number of thiazole rings is 1. The van der Waals surface area contributed by atoms with Gasteiger partial charge in [0.2, 0.25) is 10.0 Å². The molecule has 2 heterocycles. The van der Waals surface area contributed by atoms with Crippen LogP contribution in [0.2, 0.25) is 10.0 Å². The maximum atomic E-state index is 12.9. The highest BCUT2D eigenvalue weighted by atomic mass is 35.5. The molecule has 0 bridgehead atoms. The first-order valence-corrected chi connectivity index (χ1v) is 12.0. The molecule has 3 aromatic rings. The first kappa shape index (κ1) is 20.6. The van der Waals surface area contributed by atoms with Gasteiger partial charge in [-0.15, -0.1) is 11.3 Å². The van der Waals surface area contributed by atoms with Crippen molar-refractivity contribution in [3.63, 3.8) is 0 Å². The first-order chi connectivity index (χ1) is 13.7. The Morgan fingerprint density at radius 1 is 1.14 bits per heavy atom. The van der Waals surface area contributed by atoms with Gasteiger partial charge in [-0.25, -0.2) is 18.5 Å². The summed E-state index contributed by atoms with van der Waals surface area (Å²) in [6.45, 7) is 1.06. The third-order valence-electron chi connectivity index (χ3n) is 5.00. The van der Waals surface area contributed by atoms with Gasteiger partial charge in [0.25, 0.3) is 5.91 Å². The molecule has 0 saturated carbocycles. The zero-order valence-corrected chi connectivity index (χ0v) is 18.3. The number of hydrogen-bond acceptors (Lipinski definition) is 5. The number of aromatic nitrogens is 1. The van der Waals surface area contributed by atoms with Gasteiger partial charge in [0.05, 0.1) is 30.8 Å². The molecule has 1 fully saturated rings. The lowest BCUT2D eigenvalue weighted by atomic mass is 9.97. The van der Waals surface area contributed by atoms with E-state index >= 15 is 0 Å². The van der Waals surface area contributed by atoms with Crippen molar-refractivity contribution in [1.82, 2.24) is 9.88 Å². The number of halogens is 2. The number of likely N-dealkylation sites (tertiary alicyclic amines) is 1.